The monoisotopic (exact) mass is 276 g/mol. The molecule has 19 heavy (non-hydrogen) atoms. The van der Waals surface area contributed by atoms with Crippen molar-refractivity contribution in [2.24, 2.45) is 0 Å². The Balaban J connectivity index is 2.20. The number of thiophene rings is 1. The van der Waals surface area contributed by atoms with E-state index in [1.54, 1.807) is 23.7 Å². The number of esters is 1. The Labute approximate surface area is 116 Å². The first-order valence-electron chi connectivity index (χ1n) is 5.91. The Bertz CT molecular complexity index is 514. The van der Waals surface area contributed by atoms with Gasteiger partial charge in [0, 0.05) is 18.9 Å². The third-order valence-corrected chi connectivity index (χ3v) is 3.61. The van der Waals surface area contributed by atoms with Crippen LogP contribution in [-0.4, -0.2) is 30.0 Å². The fourth-order valence-electron chi connectivity index (χ4n) is 1.98. The average molecular weight is 276 g/mol. The number of methoxy groups -OCH3 is 1. The van der Waals surface area contributed by atoms with Crippen LogP contribution in [0.4, 0.5) is 0 Å². The maximum Gasteiger partial charge on any atom is 0.327 e. The van der Waals surface area contributed by atoms with Crippen LogP contribution in [0.5, 0.6) is 0 Å². The highest BCUT2D eigenvalue weighted by Gasteiger charge is 2.26. The van der Waals surface area contributed by atoms with E-state index in [0.29, 0.717) is 6.54 Å². The second-order valence-corrected chi connectivity index (χ2v) is 5.04. The van der Waals surface area contributed by atoms with Gasteiger partial charge in [0.25, 0.3) is 0 Å². The van der Waals surface area contributed by atoms with Crippen LogP contribution in [0.2, 0.25) is 0 Å². The molecule has 2 heterocycles. The first-order valence-corrected chi connectivity index (χ1v) is 6.85. The fourth-order valence-corrected chi connectivity index (χ4v) is 2.64. The number of ether oxygens (including phenoxy) is 1. The summed E-state index contributed by atoms with van der Waals surface area (Å²) in [5.74, 6) is -0.272. The Kier molecular flexibility index (Phi) is 4.65. The van der Waals surface area contributed by atoms with E-state index in [1.165, 1.54) is 12.7 Å². The predicted octanol–water partition coefficient (Wildman–Crippen LogP) is 2.49. The molecule has 0 fully saturated rings. The molecule has 0 unspecified atom stereocenters. The van der Waals surface area contributed by atoms with Crippen LogP contribution in [0.15, 0.2) is 41.4 Å². The summed E-state index contributed by atoms with van der Waals surface area (Å²) in [5.41, 5.74) is 2.03. The lowest BCUT2D eigenvalue weighted by Crippen LogP contribution is -2.31. The Hall–Kier alpha value is -1.72. The van der Waals surface area contributed by atoms with Crippen molar-refractivity contribution in [3.05, 3.63) is 52.5 Å². The van der Waals surface area contributed by atoms with Crippen LogP contribution in [0, 0.1) is 0 Å². The minimum atomic E-state index is -0.432. The van der Waals surface area contributed by atoms with Gasteiger partial charge >= 0.3 is 5.97 Å². The lowest BCUT2D eigenvalue weighted by Gasteiger charge is -2.25. The Morgan fingerprint density at radius 3 is 2.95 bits per heavy atom. The molecule has 0 radical (unpaired) electrons. The topological polar surface area (TPSA) is 42.4 Å². The summed E-state index contributed by atoms with van der Waals surface area (Å²) in [6.45, 7) is 0.693. The number of aromatic nitrogens is 1. The summed E-state index contributed by atoms with van der Waals surface area (Å²) in [7, 11) is 3.32. The summed E-state index contributed by atoms with van der Waals surface area (Å²) in [4.78, 5) is 18.0. The van der Waals surface area contributed by atoms with Crippen molar-refractivity contribution in [1.29, 1.82) is 0 Å². The Morgan fingerprint density at radius 1 is 1.53 bits per heavy atom. The van der Waals surface area contributed by atoms with Crippen molar-refractivity contribution in [3.63, 3.8) is 0 Å². The average Bonchev–Trinajstić information content (AvgIpc) is 2.93. The largest absolute Gasteiger partial charge is 0.468 e. The summed E-state index contributed by atoms with van der Waals surface area (Å²) in [6.07, 6.45) is 3.39. The molecule has 2 aromatic rings. The third kappa shape index (κ3) is 3.39. The molecule has 0 aliphatic rings. The maximum absolute atomic E-state index is 12.0. The van der Waals surface area contributed by atoms with Gasteiger partial charge in [-0.05, 0) is 41.1 Å². The van der Waals surface area contributed by atoms with Gasteiger partial charge in [-0.25, -0.2) is 4.79 Å². The lowest BCUT2D eigenvalue weighted by molar-refractivity contribution is -0.147. The van der Waals surface area contributed by atoms with Gasteiger partial charge in [0.15, 0.2) is 0 Å². The van der Waals surface area contributed by atoms with Crippen LogP contribution in [-0.2, 0) is 16.1 Å². The summed E-state index contributed by atoms with van der Waals surface area (Å²) in [5, 5.41) is 4.11. The second kappa shape index (κ2) is 6.45. The molecule has 0 saturated carbocycles. The highest BCUT2D eigenvalue weighted by atomic mass is 32.1. The molecule has 4 nitrogen and oxygen atoms in total. The Morgan fingerprint density at radius 2 is 2.37 bits per heavy atom. The molecule has 0 amide bonds. The van der Waals surface area contributed by atoms with E-state index in [-0.39, 0.29) is 5.97 Å². The van der Waals surface area contributed by atoms with Crippen molar-refractivity contribution < 1.29 is 9.53 Å². The lowest BCUT2D eigenvalue weighted by atomic mass is 10.1. The van der Waals surface area contributed by atoms with E-state index in [9.17, 15) is 4.79 Å². The molecule has 1 atom stereocenters. The van der Waals surface area contributed by atoms with E-state index >= 15 is 0 Å². The number of nitrogens with zero attached hydrogens (tertiary/aromatic N) is 2. The van der Waals surface area contributed by atoms with Gasteiger partial charge in [-0.15, -0.1) is 0 Å². The van der Waals surface area contributed by atoms with Gasteiger partial charge in [0.1, 0.15) is 6.04 Å². The quantitative estimate of drug-likeness (QED) is 0.787. The highest BCUT2D eigenvalue weighted by molar-refractivity contribution is 7.07. The number of hydrogen-bond donors (Lipinski definition) is 0. The van der Waals surface area contributed by atoms with E-state index < -0.39 is 6.04 Å². The number of carbonyl (C=O) groups excluding carboxylic acids is 1. The van der Waals surface area contributed by atoms with Crippen LogP contribution in [0.1, 0.15) is 17.2 Å². The minimum Gasteiger partial charge on any atom is -0.468 e. The van der Waals surface area contributed by atoms with Gasteiger partial charge in [0.05, 0.1) is 7.11 Å². The van der Waals surface area contributed by atoms with Gasteiger partial charge in [-0.3, -0.25) is 9.88 Å². The third-order valence-electron chi connectivity index (χ3n) is 2.88. The second-order valence-electron chi connectivity index (χ2n) is 4.26. The first kappa shape index (κ1) is 13.7. The number of likely N-dealkylation sites (N-methyl/N-ethyl adjacent to an activating group) is 1. The smallest absolute Gasteiger partial charge is 0.327 e. The zero-order chi connectivity index (χ0) is 13.7. The van der Waals surface area contributed by atoms with E-state index in [1.807, 2.05) is 29.5 Å². The standard InChI is InChI=1S/C14H16N2O2S/c1-16(9-11-5-7-19-10-11)13(14(17)18-2)12-4-3-6-15-8-12/h3-8,10,13H,9H2,1-2H3/t13-/m0/s1. The minimum absolute atomic E-state index is 0.272. The van der Waals surface area contributed by atoms with E-state index in [0.717, 1.165) is 5.56 Å². The SMILES string of the molecule is COC(=O)[C@H](c1cccnc1)N(C)Cc1ccsc1. The van der Waals surface area contributed by atoms with E-state index in [2.05, 4.69) is 16.4 Å². The van der Waals surface area contributed by atoms with Gasteiger partial charge < -0.3 is 4.74 Å². The zero-order valence-electron chi connectivity index (χ0n) is 10.9. The van der Waals surface area contributed by atoms with Crippen molar-refractivity contribution in [2.75, 3.05) is 14.2 Å². The molecule has 5 heteroatoms. The molecule has 0 spiro atoms. The van der Waals surface area contributed by atoms with Gasteiger partial charge in [-0.1, -0.05) is 6.07 Å². The van der Waals surface area contributed by atoms with Crippen LogP contribution < -0.4 is 0 Å². The van der Waals surface area contributed by atoms with Crippen molar-refractivity contribution >= 4 is 17.3 Å². The van der Waals surface area contributed by atoms with Crippen LogP contribution in [0.3, 0.4) is 0 Å². The maximum atomic E-state index is 12.0. The van der Waals surface area contributed by atoms with Crippen molar-refractivity contribution in [3.8, 4) is 0 Å². The van der Waals surface area contributed by atoms with Crippen molar-refractivity contribution in [1.82, 2.24) is 9.88 Å². The molecule has 0 aliphatic heterocycles. The normalized spacial score (nSPS) is 12.4. The molecule has 0 bridgehead atoms. The summed E-state index contributed by atoms with van der Waals surface area (Å²) < 4.78 is 4.90. The molecular weight excluding hydrogens is 260 g/mol. The number of rotatable bonds is 5. The van der Waals surface area contributed by atoms with Gasteiger partial charge in [0.2, 0.25) is 0 Å². The molecule has 2 rings (SSSR count). The number of pyridine rings is 1. The number of carbonyl (C=O) groups is 1. The van der Waals surface area contributed by atoms with Gasteiger partial charge in [-0.2, -0.15) is 11.3 Å². The molecule has 2 aromatic heterocycles. The molecular formula is C14H16N2O2S. The fraction of sp³-hybridized carbons (Fsp3) is 0.286. The summed E-state index contributed by atoms with van der Waals surface area (Å²) >= 11 is 1.65. The van der Waals surface area contributed by atoms with E-state index in [4.69, 9.17) is 4.74 Å². The van der Waals surface area contributed by atoms with Crippen molar-refractivity contribution in [2.45, 2.75) is 12.6 Å². The molecule has 0 aromatic carbocycles. The molecule has 0 saturated heterocycles. The number of hydrogen-bond acceptors (Lipinski definition) is 5. The molecule has 0 aliphatic carbocycles. The molecule has 0 N–H and O–H groups in total. The summed E-state index contributed by atoms with van der Waals surface area (Å²) in [6, 6.07) is 5.33. The highest BCUT2D eigenvalue weighted by Crippen LogP contribution is 2.22. The first-order chi connectivity index (χ1) is 9.22. The van der Waals surface area contributed by atoms with Crippen LogP contribution in [0.25, 0.3) is 0 Å². The zero-order valence-corrected chi connectivity index (χ0v) is 11.8. The molecule has 100 valence electrons. The van der Waals surface area contributed by atoms with Crippen LogP contribution >= 0.6 is 11.3 Å². The predicted molar refractivity (Wildman–Crippen MR) is 74.8 cm³/mol.